The number of amides is 1. The maximum Gasteiger partial charge on any atom is 0.234 e. The molecular formula is C18H16Br2N4OS. The number of thioether (sulfide) groups is 1. The molecule has 1 amide bonds. The second-order valence-electron chi connectivity index (χ2n) is 5.70. The smallest absolute Gasteiger partial charge is 0.234 e. The lowest BCUT2D eigenvalue weighted by Crippen LogP contribution is -2.14. The summed E-state index contributed by atoms with van der Waals surface area (Å²) < 4.78 is 3.64. The van der Waals surface area contributed by atoms with Crippen molar-refractivity contribution in [3.8, 4) is 11.4 Å². The van der Waals surface area contributed by atoms with E-state index in [-0.39, 0.29) is 11.7 Å². The van der Waals surface area contributed by atoms with Crippen LogP contribution >= 0.6 is 43.6 Å². The second kappa shape index (κ2) is 8.37. The molecule has 0 radical (unpaired) electrons. The van der Waals surface area contributed by atoms with Gasteiger partial charge in [-0.1, -0.05) is 51.5 Å². The third kappa shape index (κ3) is 4.55. The van der Waals surface area contributed by atoms with Crippen LogP contribution in [0.15, 0.2) is 56.6 Å². The molecule has 0 saturated carbocycles. The van der Waals surface area contributed by atoms with Crippen LogP contribution in [0.4, 0.5) is 5.69 Å². The highest BCUT2D eigenvalue weighted by Gasteiger charge is 2.13. The Morgan fingerprint density at radius 2 is 2.00 bits per heavy atom. The Morgan fingerprint density at radius 3 is 2.77 bits per heavy atom. The minimum Gasteiger partial charge on any atom is -0.324 e. The predicted molar refractivity (Wildman–Crippen MR) is 112 cm³/mol. The van der Waals surface area contributed by atoms with Crippen LogP contribution in [0.3, 0.4) is 0 Å². The Hall–Kier alpha value is -1.64. The van der Waals surface area contributed by atoms with Gasteiger partial charge in [0.05, 0.1) is 11.4 Å². The van der Waals surface area contributed by atoms with Gasteiger partial charge in [-0.3, -0.25) is 4.79 Å². The zero-order valence-electron chi connectivity index (χ0n) is 14.2. The molecule has 3 aromatic rings. The number of halogens is 2. The van der Waals surface area contributed by atoms with Gasteiger partial charge in [0.15, 0.2) is 11.0 Å². The van der Waals surface area contributed by atoms with Gasteiger partial charge >= 0.3 is 0 Å². The van der Waals surface area contributed by atoms with Crippen molar-refractivity contribution in [3.05, 3.63) is 57.0 Å². The molecule has 0 aliphatic rings. The molecule has 0 aliphatic heterocycles. The highest BCUT2D eigenvalue weighted by Crippen LogP contribution is 2.27. The summed E-state index contributed by atoms with van der Waals surface area (Å²) in [4.78, 5) is 12.3. The van der Waals surface area contributed by atoms with Crippen LogP contribution in [0.25, 0.3) is 11.4 Å². The van der Waals surface area contributed by atoms with Crippen molar-refractivity contribution in [2.75, 3.05) is 11.1 Å². The standard InChI is InChI=1S/C18H16Br2N4OS/c1-11-4-3-5-12(8-11)17-22-23-18(24(17)2)26-10-16(25)21-15-9-13(19)6-7-14(15)20/h3-9H,10H2,1-2H3,(H,21,25). The van der Waals surface area contributed by atoms with E-state index < -0.39 is 0 Å². The molecule has 2 aromatic carbocycles. The van der Waals surface area contributed by atoms with Gasteiger partial charge < -0.3 is 9.88 Å². The molecule has 0 fully saturated rings. The largest absolute Gasteiger partial charge is 0.324 e. The fourth-order valence-electron chi connectivity index (χ4n) is 2.39. The van der Waals surface area contributed by atoms with Crippen LogP contribution in [0.5, 0.6) is 0 Å². The Morgan fingerprint density at radius 1 is 1.19 bits per heavy atom. The van der Waals surface area contributed by atoms with Gasteiger partial charge in [-0.25, -0.2) is 0 Å². The first-order valence-electron chi connectivity index (χ1n) is 7.78. The monoisotopic (exact) mass is 494 g/mol. The minimum absolute atomic E-state index is 0.103. The predicted octanol–water partition coefficient (Wildman–Crippen LogP) is 5.05. The van der Waals surface area contributed by atoms with Crippen molar-refractivity contribution < 1.29 is 4.79 Å². The molecule has 134 valence electrons. The van der Waals surface area contributed by atoms with Crippen molar-refractivity contribution in [3.63, 3.8) is 0 Å². The first-order valence-corrected chi connectivity index (χ1v) is 10.4. The number of aryl methyl sites for hydroxylation is 1. The van der Waals surface area contributed by atoms with E-state index in [4.69, 9.17) is 0 Å². The summed E-state index contributed by atoms with van der Waals surface area (Å²) in [5.74, 6) is 0.930. The highest BCUT2D eigenvalue weighted by atomic mass is 79.9. The van der Waals surface area contributed by atoms with Gasteiger partial charge in [0.25, 0.3) is 0 Å². The van der Waals surface area contributed by atoms with Crippen molar-refractivity contribution in [1.29, 1.82) is 0 Å². The van der Waals surface area contributed by atoms with E-state index in [1.54, 1.807) is 0 Å². The Labute approximate surface area is 172 Å². The van der Waals surface area contributed by atoms with E-state index in [1.165, 1.54) is 17.3 Å². The topological polar surface area (TPSA) is 59.8 Å². The van der Waals surface area contributed by atoms with Crippen LogP contribution in [-0.4, -0.2) is 26.4 Å². The van der Waals surface area contributed by atoms with E-state index in [0.29, 0.717) is 5.16 Å². The molecule has 8 heteroatoms. The summed E-state index contributed by atoms with van der Waals surface area (Å²) in [6.07, 6.45) is 0. The molecule has 0 aliphatic carbocycles. The van der Waals surface area contributed by atoms with Crippen LogP contribution in [0.1, 0.15) is 5.56 Å². The van der Waals surface area contributed by atoms with E-state index in [0.717, 1.165) is 26.0 Å². The molecule has 3 rings (SSSR count). The molecular weight excluding hydrogens is 480 g/mol. The summed E-state index contributed by atoms with van der Waals surface area (Å²) in [6.45, 7) is 2.04. The lowest BCUT2D eigenvalue weighted by molar-refractivity contribution is -0.113. The Kier molecular flexibility index (Phi) is 6.16. The number of hydrogen-bond donors (Lipinski definition) is 1. The highest BCUT2D eigenvalue weighted by molar-refractivity contribution is 9.11. The lowest BCUT2D eigenvalue weighted by Gasteiger charge is -2.08. The fraction of sp³-hybridized carbons (Fsp3) is 0.167. The van der Waals surface area contributed by atoms with Gasteiger partial charge in [0, 0.05) is 21.6 Å². The average Bonchev–Trinajstić information content (AvgIpc) is 2.97. The summed E-state index contributed by atoms with van der Waals surface area (Å²) >= 11 is 8.19. The molecule has 0 spiro atoms. The number of anilines is 1. The third-order valence-electron chi connectivity index (χ3n) is 3.65. The van der Waals surface area contributed by atoms with Crippen molar-refractivity contribution in [1.82, 2.24) is 14.8 Å². The van der Waals surface area contributed by atoms with Gasteiger partial charge in [0.1, 0.15) is 0 Å². The number of nitrogens with zero attached hydrogens (tertiary/aromatic N) is 3. The maximum atomic E-state index is 12.3. The molecule has 1 heterocycles. The molecule has 0 atom stereocenters. The van der Waals surface area contributed by atoms with Gasteiger partial charge in [-0.2, -0.15) is 0 Å². The van der Waals surface area contributed by atoms with Crippen molar-refractivity contribution in [2.24, 2.45) is 7.05 Å². The molecule has 1 aromatic heterocycles. The molecule has 1 N–H and O–H groups in total. The van der Waals surface area contributed by atoms with E-state index >= 15 is 0 Å². The number of hydrogen-bond acceptors (Lipinski definition) is 4. The number of nitrogens with one attached hydrogen (secondary N) is 1. The zero-order valence-corrected chi connectivity index (χ0v) is 18.2. The van der Waals surface area contributed by atoms with Crippen LogP contribution < -0.4 is 5.32 Å². The number of rotatable bonds is 5. The summed E-state index contributed by atoms with van der Waals surface area (Å²) in [5, 5.41) is 12.1. The number of benzene rings is 2. The quantitative estimate of drug-likeness (QED) is 0.503. The maximum absolute atomic E-state index is 12.3. The van der Waals surface area contributed by atoms with Gasteiger partial charge in [-0.15, -0.1) is 10.2 Å². The first kappa shape index (κ1) is 19.1. The second-order valence-corrected chi connectivity index (χ2v) is 8.41. The number of carbonyl (C=O) groups is 1. The Balaban J connectivity index is 1.67. The summed E-state index contributed by atoms with van der Waals surface area (Å²) in [6, 6.07) is 13.7. The third-order valence-corrected chi connectivity index (χ3v) is 5.85. The van der Waals surface area contributed by atoms with E-state index in [1.807, 2.05) is 54.9 Å². The summed E-state index contributed by atoms with van der Waals surface area (Å²) in [5.41, 5.74) is 2.90. The van der Waals surface area contributed by atoms with Crippen LogP contribution in [-0.2, 0) is 11.8 Å². The van der Waals surface area contributed by atoms with Crippen LogP contribution in [0, 0.1) is 6.92 Å². The van der Waals surface area contributed by atoms with Gasteiger partial charge in [-0.05, 0) is 47.1 Å². The van der Waals surface area contributed by atoms with Crippen LogP contribution in [0.2, 0.25) is 0 Å². The zero-order chi connectivity index (χ0) is 18.7. The SMILES string of the molecule is Cc1cccc(-c2nnc(SCC(=O)Nc3cc(Br)ccc3Br)n2C)c1. The molecule has 0 saturated heterocycles. The molecule has 5 nitrogen and oxygen atoms in total. The van der Waals surface area contributed by atoms with Gasteiger partial charge in [0.2, 0.25) is 5.91 Å². The molecule has 26 heavy (non-hydrogen) atoms. The molecule has 0 bridgehead atoms. The van der Waals surface area contributed by atoms with Crippen molar-refractivity contribution in [2.45, 2.75) is 12.1 Å². The average molecular weight is 496 g/mol. The Bertz CT molecular complexity index is 958. The van der Waals surface area contributed by atoms with E-state index in [2.05, 4.69) is 53.4 Å². The van der Waals surface area contributed by atoms with E-state index in [9.17, 15) is 4.79 Å². The normalized spacial score (nSPS) is 10.8. The van der Waals surface area contributed by atoms with Crippen molar-refractivity contribution >= 4 is 55.2 Å². The summed E-state index contributed by atoms with van der Waals surface area (Å²) in [7, 11) is 1.91. The number of aromatic nitrogens is 3. The molecule has 0 unspecified atom stereocenters. The fourth-order valence-corrected chi connectivity index (χ4v) is 3.80. The number of carbonyl (C=O) groups excluding carboxylic acids is 1. The lowest BCUT2D eigenvalue weighted by atomic mass is 10.1. The minimum atomic E-state index is -0.103. The first-order chi connectivity index (χ1) is 12.4.